The van der Waals surface area contributed by atoms with Gasteiger partial charge in [-0.2, -0.15) is 6.08 Å². The molecule has 5 heteroatoms. The van der Waals surface area contributed by atoms with Gasteiger partial charge in [-0.25, -0.2) is 10.8 Å². The number of rotatable bonds is 21. The molecule has 0 saturated carbocycles. The Morgan fingerprint density at radius 3 is 1.53 bits per heavy atom. The average molecular weight is 634 g/mol. The Morgan fingerprint density at radius 2 is 1.08 bits per heavy atom. The van der Waals surface area contributed by atoms with Crippen LogP contribution in [0.5, 0.6) is 0 Å². The Balaban J connectivity index is -0.00000306. The molecule has 1 aromatic carbocycles. The molecule has 0 spiro atoms. The maximum Gasteiger partial charge on any atom is 4.00 e. The third-order valence-electron chi connectivity index (χ3n) is 7.96. The van der Waals surface area contributed by atoms with Crippen LogP contribution in [0.4, 0.5) is 0 Å². The molecule has 0 radical (unpaired) electrons. The van der Waals surface area contributed by atoms with Gasteiger partial charge in [-0.3, -0.25) is 6.08 Å². The molecule has 0 fully saturated rings. The molecule has 0 heterocycles. The minimum atomic E-state index is -1.66. The maximum atomic E-state index is 3.82. The second-order valence-electron chi connectivity index (χ2n) is 11.0. The molecule has 0 aliphatic heterocycles. The van der Waals surface area contributed by atoms with E-state index >= 15 is 0 Å². The Labute approximate surface area is 272 Å². The van der Waals surface area contributed by atoms with Crippen molar-refractivity contribution in [2.24, 2.45) is 0 Å². The summed E-state index contributed by atoms with van der Waals surface area (Å²) in [7, 11) is -1.66. The molecule has 216 valence electrons. The Hall–Kier alpha value is 0.501. The third kappa shape index (κ3) is 16.7. The first-order chi connectivity index (χ1) is 16.7. The van der Waals surface area contributed by atoms with Crippen molar-refractivity contribution in [2.75, 3.05) is 0 Å². The van der Waals surface area contributed by atoms with Crippen LogP contribution < -0.4 is 42.4 Å². The molecule has 1 aromatic rings. The summed E-state index contributed by atoms with van der Waals surface area (Å²) in [5.41, 5.74) is 1.62. The fourth-order valence-corrected chi connectivity index (χ4v) is 9.92. The zero-order valence-electron chi connectivity index (χ0n) is 24.7. The molecule has 1 aliphatic carbocycles. The van der Waals surface area contributed by atoms with E-state index in [1.54, 1.807) is 16.0 Å². The fraction of sp³-hybridized carbons (Fsp3) is 0.697. The maximum absolute atomic E-state index is 3.82. The summed E-state index contributed by atoms with van der Waals surface area (Å²) in [6, 6.07) is 12.8. The average Bonchev–Trinajstić information content (AvgIpc) is 3.33. The van der Waals surface area contributed by atoms with Gasteiger partial charge in [0.1, 0.15) is 0 Å². The summed E-state index contributed by atoms with van der Waals surface area (Å²) in [6.07, 6.45) is 32.9. The summed E-state index contributed by atoms with van der Waals surface area (Å²) in [6.45, 7) is 7.23. The quantitative estimate of drug-likeness (QED) is 0.110. The first-order valence-corrected chi connectivity index (χ1v) is 17.8. The van der Waals surface area contributed by atoms with E-state index < -0.39 is 8.07 Å². The molecular formula is C33H55Cl3SiTi. The summed E-state index contributed by atoms with van der Waals surface area (Å²) >= 11 is 0. The van der Waals surface area contributed by atoms with Gasteiger partial charge in [0.15, 0.2) is 0 Å². The van der Waals surface area contributed by atoms with E-state index in [4.69, 9.17) is 0 Å². The van der Waals surface area contributed by atoms with Gasteiger partial charge in [0, 0.05) is 0 Å². The van der Waals surface area contributed by atoms with Crippen molar-refractivity contribution in [3.63, 3.8) is 0 Å². The fourth-order valence-electron chi connectivity index (χ4n) is 5.78. The SMILES string of the molecule is CCCCCCCCCCCCCCCCCC[Si](C)(C1=[C-]CC=C1CCC)c1ccccc1.[Cl-].[Cl-].[Cl-].[Ti+4]. The van der Waals surface area contributed by atoms with E-state index in [9.17, 15) is 0 Å². The van der Waals surface area contributed by atoms with Crippen molar-refractivity contribution >= 4 is 13.3 Å². The molecule has 2 rings (SSSR count). The summed E-state index contributed by atoms with van der Waals surface area (Å²) in [5, 5.41) is 3.25. The number of hydrogen-bond acceptors (Lipinski definition) is 0. The molecule has 0 saturated heterocycles. The monoisotopic (exact) mass is 632 g/mol. The molecule has 1 unspecified atom stereocenters. The Morgan fingerprint density at radius 1 is 0.632 bits per heavy atom. The second kappa shape index (κ2) is 27.7. The van der Waals surface area contributed by atoms with Gasteiger partial charge in [-0.05, 0) is 0 Å². The summed E-state index contributed by atoms with van der Waals surface area (Å²) in [5.74, 6) is 0. The molecule has 1 aliphatic rings. The van der Waals surface area contributed by atoms with Gasteiger partial charge in [0.2, 0.25) is 0 Å². The number of allylic oxidation sites excluding steroid dienone is 4. The van der Waals surface area contributed by atoms with E-state index in [-0.39, 0.29) is 58.9 Å². The van der Waals surface area contributed by atoms with Gasteiger partial charge < -0.3 is 37.2 Å². The van der Waals surface area contributed by atoms with Gasteiger partial charge in [-0.15, -0.1) is 6.42 Å². The van der Waals surface area contributed by atoms with Gasteiger partial charge in [0.25, 0.3) is 0 Å². The van der Waals surface area contributed by atoms with Gasteiger partial charge in [-0.1, -0.05) is 178 Å². The summed E-state index contributed by atoms with van der Waals surface area (Å²) < 4.78 is 0. The standard InChI is InChI=1S/C33H55Si.3ClH.Ti/c1-4-6-7-8-9-10-11-12-13-14-15-16-17-18-19-23-30-34(3,32-27-21-20-22-28-32)33-29-24-26-31(33)25-5-2;;;;/h20-22,26-28H,4-19,23-25,30H2,1-3H3;3*1H;/q-1;;;;+4/p-3. The molecule has 1 atom stereocenters. The summed E-state index contributed by atoms with van der Waals surface area (Å²) in [4.78, 5) is 0. The van der Waals surface area contributed by atoms with Crippen LogP contribution in [0.15, 0.2) is 47.2 Å². The van der Waals surface area contributed by atoms with Crippen LogP contribution in [-0.4, -0.2) is 8.07 Å². The van der Waals surface area contributed by atoms with Crippen molar-refractivity contribution in [1.82, 2.24) is 0 Å². The minimum absolute atomic E-state index is 0. The van der Waals surface area contributed by atoms with Crippen molar-refractivity contribution < 1.29 is 58.9 Å². The minimum Gasteiger partial charge on any atom is -1.00 e. The predicted molar refractivity (Wildman–Crippen MR) is 156 cm³/mol. The number of halogens is 3. The van der Waals surface area contributed by atoms with E-state index in [1.165, 1.54) is 122 Å². The molecule has 0 amide bonds. The van der Waals surface area contributed by atoms with E-state index in [2.05, 4.69) is 62.9 Å². The van der Waals surface area contributed by atoms with Crippen LogP contribution in [-0.2, 0) is 21.7 Å². The second-order valence-corrected chi connectivity index (χ2v) is 15.2. The van der Waals surface area contributed by atoms with Crippen LogP contribution in [0, 0.1) is 6.08 Å². The first-order valence-electron chi connectivity index (χ1n) is 15.1. The van der Waals surface area contributed by atoms with Crippen molar-refractivity contribution in [2.45, 2.75) is 148 Å². The number of unbranched alkanes of at least 4 members (excludes halogenated alkanes) is 15. The van der Waals surface area contributed by atoms with Crippen LogP contribution in [0.2, 0.25) is 12.6 Å². The zero-order chi connectivity index (χ0) is 24.3. The van der Waals surface area contributed by atoms with Crippen molar-refractivity contribution in [3.8, 4) is 0 Å². The van der Waals surface area contributed by atoms with E-state index in [0.717, 1.165) is 6.42 Å². The Kier molecular flexibility index (Phi) is 31.3. The van der Waals surface area contributed by atoms with Crippen LogP contribution in [0.3, 0.4) is 0 Å². The zero-order valence-corrected chi connectivity index (χ0v) is 29.6. The molecule has 38 heavy (non-hydrogen) atoms. The topological polar surface area (TPSA) is 0 Å². The van der Waals surface area contributed by atoms with Crippen LogP contribution in [0.25, 0.3) is 0 Å². The molecule has 0 bridgehead atoms. The van der Waals surface area contributed by atoms with E-state index in [1.807, 2.05) is 0 Å². The molecule has 0 nitrogen and oxygen atoms in total. The number of benzene rings is 1. The normalized spacial score (nSPS) is 13.7. The van der Waals surface area contributed by atoms with Crippen LogP contribution >= 0.6 is 0 Å². The van der Waals surface area contributed by atoms with Crippen LogP contribution in [0.1, 0.15) is 136 Å². The van der Waals surface area contributed by atoms with Crippen molar-refractivity contribution in [3.05, 3.63) is 53.3 Å². The Bertz CT molecular complexity index is 707. The molecular weight excluding hydrogens is 579 g/mol. The van der Waals surface area contributed by atoms with Gasteiger partial charge >= 0.3 is 21.7 Å². The third-order valence-corrected chi connectivity index (χ3v) is 12.5. The largest absolute Gasteiger partial charge is 4.00 e. The first kappa shape index (κ1) is 43.0. The molecule has 0 N–H and O–H groups in total. The molecule has 0 aromatic heterocycles. The number of hydrogen-bond donors (Lipinski definition) is 0. The van der Waals surface area contributed by atoms with Gasteiger partial charge in [0.05, 0.1) is 8.07 Å². The van der Waals surface area contributed by atoms with E-state index in [0.29, 0.717) is 0 Å². The smallest absolute Gasteiger partial charge is 1.00 e. The van der Waals surface area contributed by atoms with Crippen molar-refractivity contribution in [1.29, 1.82) is 0 Å². The predicted octanol–water partition coefficient (Wildman–Crippen LogP) is 1.64.